The number of nitrogens with one attached hydrogen (secondary N) is 2. The monoisotopic (exact) mass is 1780 g/mol. The number of nitrogens with zero attached hydrogens (tertiary/aromatic N) is 2. The normalized spacial score (nSPS) is 11.1. The van der Waals surface area contributed by atoms with E-state index < -0.39 is 15.8 Å². The van der Waals surface area contributed by atoms with E-state index >= 15 is 0 Å². The molecule has 12 aromatic rings. The van der Waals surface area contributed by atoms with E-state index in [1.807, 2.05) is 99.6 Å². The summed E-state index contributed by atoms with van der Waals surface area (Å²) < 4.78 is 31.8. The minimum atomic E-state index is -0.446. The predicted octanol–water partition coefficient (Wildman–Crippen LogP) is 11.4. The first-order valence-electron chi connectivity index (χ1n) is 37.0. The number of carbonyl (C=O) groups is 5. The van der Waals surface area contributed by atoms with E-state index in [0.717, 1.165) is 39.7 Å². The molecule has 2 fully saturated rings. The zero-order valence-electron chi connectivity index (χ0n) is 66.5. The molecule has 0 aliphatic heterocycles. The standard InChI is InChI=1S/C26H26N2O3.2C18H15P.C15H16BO5.C13H16N2O3.CH2O3.CO2.2ClH.Na.Pd/c1-17-12-23(21(15-29)13-25(17)31-16-20-6-4-3-5-7-20)22-10-11-24(28-18(22)2)26(30)27-14-19-8-9-19;2*1-4-10-16(11-5-1)19(17-12-6-2-7-13-17)18-14-8-3-9-15-18;1-18-12-9-15(21-16-17)13(19-2)8-14(12)20-10-11-6-4-3-5-7-11;1-9-2-5-11(15-12(9)7-18-8-16)13(17)14-6-10-3-4-10;2-1-4-3;2-1-3;;;;/h3-7,10-13,15,19H,8-9,14,16H2,1-2H3,(H,27,30);2*1-15H;3-9,17H,10H2,1-2H3;2,5,8,10H,3-4,6-7H2,1H3,(H,14,17);1,3H;;2*1H;;/q;;;;;;;;;+1;+2/p-3. The number of hydrogen-bond acceptors (Lipinski definition) is 18. The van der Waals surface area contributed by atoms with Crippen LogP contribution in [0.5, 0.6) is 28.7 Å². The third-order valence-corrected chi connectivity index (χ3v) is 22.4. The van der Waals surface area contributed by atoms with Gasteiger partial charge in [0.15, 0.2) is 23.5 Å². The molecular formula is C92H89BCl2N4NaO16P2Pd. The van der Waals surface area contributed by atoms with Crippen molar-refractivity contribution in [2.24, 2.45) is 11.8 Å². The molecule has 1 radical (unpaired) electrons. The summed E-state index contributed by atoms with van der Waals surface area (Å²) in [5, 5.41) is 31.4. The summed E-state index contributed by atoms with van der Waals surface area (Å²) in [6, 6.07) is 98.4. The Morgan fingerprint density at radius 3 is 1.18 bits per heavy atom. The van der Waals surface area contributed by atoms with Crippen molar-refractivity contribution in [3.63, 3.8) is 0 Å². The number of pyridine rings is 2. The summed E-state index contributed by atoms with van der Waals surface area (Å²) in [6.07, 6.45) is 5.84. The summed E-state index contributed by atoms with van der Waals surface area (Å²) >= 11 is -0.106. The first-order valence-corrected chi connectivity index (χ1v) is 43.7. The molecule has 0 atom stereocenters. The van der Waals surface area contributed by atoms with Gasteiger partial charge >= 0.3 is 78.4 Å². The molecule has 14 rings (SSSR count). The van der Waals surface area contributed by atoms with Crippen LogP contribution in [-0.2, 0) is 64.6 Å². The number of aromatic nitrogens is 2. The molecule has 2 saturated carbocycles. The Bertz CT molecular complexity index is 4710. The molecule has 119 heavy (non-hydrogen) atoms. The van der Waals surface area contributed by atoms with E-state index in [1.54, 1.807) is 30.3 Å². The Balaban J connectivity index is 0.000000227. The summed E-state index contributed by atoms with van der Waals surface area (Å²) in [7, 11) is 12.4. The molecule has 0 spiro atoms. The van der Waals surface area contributed by atoms with Crippen LogP contribution in [0, 0.1) is 32.6 Å². The van der Waals surface area contributed by atoms with Gasteiger partial charge in [0.2, 0.25) is 0 Å². The molecular weight excluding hydrogens is 1690 g/mol. The second kappa shape index (κ2) is 56.1. The molecule has 0 unspecified atom stereocenters. The van der Waals surface area contributed by atoms with E-state index in [1.165, 1.54) is 71.7 Å². The van der Waals surface area contributed by atoms with Crippen LogP contribution in [-0.4, -0.2) is 87.2 Å². The fourth-order valence-corrected chi connectivity index (χ4v) is 16.0. The molecule has 27 heteroatoms. The fourth-order valence-electron chi connectivity index (χ4n) is 11.3. The quantitative estimate of drug-likeness (QED) is 0.0135. The number of carbonyl (C=O) groups excluding carboxylic acids is 7. The van der Waals surface area contributed by atoms with Crippen LogP contribution in [0.15, 0.2) is 291 Å². The maximum absolute atomic E-state index is 12.3. The summed E-state index contributed by atoms with van der Waals surface area (Å²) in [5.74, 6) is 3.39. The minimum Gasteiger partial charge on any atom is -0.0622 e. The van der Waals surface area contributed by atoms with E-state index in [4.69, 9.17) is 67.3 Å². The van der Waals surface area contributed by atoms with Gasteiger partial charge in [-0.15, -0.1) is 0 Å². The average molecular weight is 1780 g/mol. The minimum absolute atomic E-state index is 0. The van der Waals surface area contributed by atoms with Gasteiger partial charge in [0, 0.05) is 42.0 Å². The molecule has 10 aromatic carbocycles. The number of methoxy groups -OCH3 is 2. The average Bonchev–Trinajstić information content (AvgIpc) is 1.80. The molecule has 0 bridgehead atoms. The van der Waals surface area contributed by atoms with E-state index in [2.05, 4.69) is 212 Å². The number of aldehydes is 1. The van der Waals surface area contributed by atoms with Gasteiger partial charge in [-0.2, -0.15) is 9.59 Å². The van der Waals surface area contributed by atoms with Crippen LogP contribution in [0.4, 0.5) is 0 Å². The molecule has 2 aromatic heterocycles. The number of benzene rings is 10. The smallest absolute Gasteiger partial charge is 0.0622 e. The zero-order chi connectivity index (χ0) is 84.5. The van der Waals surface area contributed by atoms with Gasteiger partial charge in [0.1, 0.15) is 42.7 Å². The van der Waals surface area contributed by atoms with Crippen LogP contribution in [0.1, 0.15) is 90.7 Å². The van der Waals surface area contributed by atoms with Crippen LogP contribution < -0.4 is 101 Å². The van der Waals surface area contributed by atoms with E-state index in [0.29, 0.717) is 109 Å². The number of rotatable bonds is 28. The van der Waals surface area contributed by atoms with Crippen LogP contribution >= 0.6 is 34.9 Å². The topological polar surface area (TPSA) is 277 Å². The molecule has 611 valence electrons. The first-order chi connectivity index (χ1) is 57.7. The molecule has 0 saturated heterocycles. The Morgan fingerprint density at radius 1 is 0.487 bits per heavy atom. The van der Waals surface area contributed by atoms with Crippen molar-refractivity contribution in [1.82, 2.24) is 20.6 Å². The second-order valence-electron chi connectivity index (χ2n) is 25.8. The van der Waals surface area contributed by atoms with Crippen LogP contribution in [0.2, 0.25) is 0 Å². The van der Waals surface area contributed by atoms with Crippen LogP contribution in [0.25, 0.3) is 11.1 Å². The molecule has 3 N–H and O–H groups in total. The number of ether oxygens (including phenoxy) is 5. The second-order valence-corrected chi connectivity index (χ2v) is 32.6. The van der Waals surface area contributed by atoms with Gasteiger partial charge in [-0.05, 0) is 158 Å². The van der Waals surface area contributed by atoms with E-state index in [-0.39, 0.29) is 76.5 Å². The van der Waals surface area contributed by atoms with Gasteiger partial charge in [-0.3, -0.25) is 24.0 Å². The summed E-state index contributed by atoms with van der Waals surface area (Å²) in [6.45, 7) is 8.24. The van der Waals surface area contributed by atoms with Gasteiger partial charge < -0.3 is 54.1 Å². The molecule has 2 amide bonds. The molecule has 2 aliphatic carbocycles. The SMILES string of the molecule is COc1cc(OCc2ccccc2)c(OC)cc1O[B]O.Cc1cc(-c2ccc(C(=O)NCC3CC3)nc2C)c(C=O)cc1OCc1ccccc1.Cc1ccc(C(=O)NCC2CC2)nc1COC=O.O=C=O.O=CO[O-].[Cl][Pd][Cl].[Na+].c1ccc(P(c2ccccc2)c2ccccc2)cc1.c1ccc(P(c2ccccc2)c2ccccc2)cc1. The van der Waals surface area contributed by atoms with Gasteiger partial charge in [-0.1, -0.05) is 255 Å². The van der Waals surface area contributed by atoms with Gasteiger partial charge in [0.05, 0.1) is 19.9 Å². The third-order valence-electron chi connectivity index (χ3n) is 17.5. The molecule has 20 nitrogen and oxygen atoms in total. The van der Waals surface area contributed by atoms with Crippen molar-refractivity contribution in [3.8, 4) is 39.9 Å². The van der Waals surface area contributed by atoms with Gasteiger partial charge in [0.25, 0.3) is 24.8 Å². The number of hydrogen-bond donors (Lipinski definition) is 3. The van der Waals surface area contributed by atoms with Crippen molar-refractivity contribution in [1.29, 1.82) is 0 Å². The third kappa shape index (κ3) is 34.0. The van der Waals surface area contributed by atoms with Crippen molar-refractivity contribution in [2.45, 2.75) is 66.3 Å². The predicted molar refractivity (Wildman–Crippen MR) is 458 cm³/mol. The molecule has 2 heterocycles. The van der Waals surface area contributed by atoms with Crippen molar-refractivity contribution in [2.75, 3.05) is 27.3 Å². The number of aryl methyl sites for hydroxylation is 3. The maximum atomic E-state index is 12.3. The van der Waals surface area contributed by atoms with Crippen molar-refractivity contribution in [3.05, 3.63) is 342 Å². The molecule has 2 aliphatic rings. The summed E-state index contributed by atoms with van der Waals surface area (Å²) in [5.41, 5.74) is 8.17. The maximum Gasteiger partial charge on any atom is 1.00 e. The van der Waals surface area contributed by atoms with E-state index in [9.17, 15) is 19.2 Å². The van der Waals surface area contributed by atoms with Crippen molar-refractivity contribution < 1.29 is 123 Å². The van der Waals surface area contributed by atoms with Crippen molar-refractivity contribution >= 4 is 112 Å². The Hall–Kier alpha value is -10.5. The van der Waals surface area contributed by atoms with Crippen LogP contribution in [0.3, 0.4) is 0 Å². The number of halogens is 2. The fraction of sp³-hybridized carbons (Fsp3) is 0.174. The Kier molecular flexibility index (Phi) is 45.9. The first kappa shape index (κ1) is 97.3. The van der Waals surface area contributed by atoms with Gasteiger partial charge in [-0.25, -0.2) is 9.97 Å². The number of amides is 2. The summed E-state index contributed by atoms with van der Waals surface area (Å²) in [4.78, 5) is 82.4. The Labute approximate surface area is 735 Å². The largest absolute Gasteiger partial charge is 1.00 e. The Morgan fingerprint density at radius 2 is 0.840 bits per heavy atom. The zero-order valence-corrected chi connectivity index (χ0v) is 73.3.